The molecule has 0 aromatic heterocycles. The molecule has 0 aromatic rings. The van der Waals surface area contributed by atoms with Crippen LogP contribution in [0.4, 0.5) is 0 Å². The Morgan fingerprint density at radius 2 is 1.69 bits per heavy atom. The van der Waals surface area contributed by atoms with E-state index in [1.807, 2.05) is 0 Å². The second-order valence-corrected chi connectivity index (χ2v) is 3.83. The van der Waals surface area contributed by atoms with E-state index in [1.165, 1.54) is 19.3 Å². The zero-order valence-corrected chi connectivity index (χ0v) is 9.48. The minimum Gasteiger partial charge on any atom is -0.252 e. The maximum atomic E-state index is 6.29. The molecular formula is C10H20ClN2+. The molecule has 1 aliphatic rings. The molecule has 0 bridgehead atoms. The van der Waals surface area contributed by atoms with Gasteiger partial charge in [0, 0.05) is 11.6 Å². The predicted molar refractivity (Wildman–Crippen MR) is 57.6 cm³/mol. The van der Waals surface area contributed by atoms with Crippen LogP contribution < -0.4 is 0 Å². The highest BCUT2D eigenvalue weighted by Crippen LogP contribution is 2.07. The lowest BCUT2D eigenvalue weighted by Crippen LogP contribution is -2.36. The van der Waals surface area contributed by atoms with Gasteiger partial charge in [-0.2, -0.15) is 0 Å². The molecule has 1 heterocycles. The number of halogens is 1. The summed E-state index contributed by atoms with van der Waals surface area (Å²) in [6.07, 6.45) is 3.94. The van der Waals surface area contributed by atoms with E-state index in [0.717, 1.165) is 31.5 Å². The first kappa shape index (κ1) is 10.8. The molecule has 0 aliphatic carbocycles. The summed E-state index contributed by atoms with van der Waals surface area (Å²) in [7, 11) is 0. The number of hydrogen-bond acceptors (Lipinski definition) is 0. The van der Waals surface area contributed by atoms with E-state index >= 15 is 0 Å². The Morgan fingerprint density at radius 1 is 1.15 bits per heavy atom. The summed E-state index contributed by atoms with van der Waals surface area (Å²) in [5, 5.41) is 0.949. The Labute approximate surface area is 86.2 Å². The number of piperidine rings is 1. The van der Waals surface area contributed by atoms with Crippen molar-refractivity contribution in [2.75, 3.05) is 26.2 Å². The van der Waals surface area contributed by atoms with E-state index in [2.05, 4.69) is 23.3 Å². The summed E-state index contributed by atoms with van der Waals surface area (Å²) in [6, 6.07) is 0. The molecule has 76 valence electrons. The van der Waals surface area contributed by atoms with Gasteiger partial charge in [-0.15, -0.1) is 0 Å². The average Bonchev–Trinajstić information content (AvgIpc) is 2.21. The molecule has 13 heavy (non-hydrogen) atoms. The third-order valence-electron chi connectivity index (χ3n) is 2.64. The summed E-state index contributed by atoms with van der Waals surface area (Å²) < 4.78 is 2.30. The SMILES string of the molecule is CCN(CC)C(Cl)=[N+]1CCCCC1. The van der Waals surface area contributed by atoms with Crippen LogP contribution in [0.1, 0.15) is 33.1 Å². The first-order chi connectivity index (χ1) is 6.29. The van der Waals surface area contributed by atoms with Gasteiger partial charge < -0.3 is 0 Å². The van der Waals surface area contributed by atoms with E-state index in [9.17, 15) is 0 Å². The predicted octanol–water partition coefficient (Wildman–Crippen LogP) is 2.12. The zero-order chi connectivity index (χ0) is 9.68. The quantitative estimate of drug-likeness (QED) is 0.379. The van der Waals surface area contributed by atoms with E-state index < -0.39 is 0 Å². The molecule has 0 saturated carbocycles. The van der Waals surface area contributed by atoms with Gasteiger partial charge >= 0.3 is 5.29 Å². The highest BCUT2D eigenvalue weighted by Gasteiger charge is 2.19. The fourth-order valence-corrected chi connectivity index (χ4v) is 2.17. The number of rotatable bonds is 2. The molecule has 0 amide bonds. The van der Waals surface area contributed by atoms with Crippen molar-refractivity contribution in [2.45, 2.75) is 33.1 Å². The lowest BCUT2D eigenvalue weighted by Gasteiger charge is -2.19. The summed E-state index contributed by atoms with van der Waals surface area (Å²) in [4.78, 5) is 2.22. The molecule has 0 atom stereocenters. The second kappa shape index (κ2) is 5.48. The van der Waals surface area contributed by atoms with E-state index in [-0.39, 0.29) is 0 Å². The van der Waals surface area contributed by atoms with Crippen LogP contribution in [-0.4, -0.2) is 40.9 Å². The molecule has 0 spiro atoms. The minimum atomic E-state index is 0.949. The van der Waals surface area contributed by atoms with Crippen molar-refractivity contribution < 1.29 is 4.58 Å². The normalized spacial score (nSPS) is 17.3. The molecule has 0 unspecified atom stereocenters. The highest BCUT2D eigenvalue weighted by atomic mass is 35.5. The van der Waals surface area contributed by atoms with Crippen molar-refractivity contribution in [1.29, 1.82) is 0 Å². The van der Waals surface area contributed by atoms with Crippen molar-refractivity contribution in [1.82, 2.24) is 4.90 Å². The maximum Gasteiger partial charge on any atom is 0.344 e. The first-order valence-corrected chi connectivity index (χ1v) is 5.69. The van der Waals surface area contributed by atoms with Gasteiger partial charge in [-0.1, -0.05) is 0 Å². The van der Waals surface area contributed by atoms with Crippen LogP contribution in [0.25, 0.3) is 0 Å². The van der Waals surface area contributed by atoms with Crippen LogP contribution in [0, 0.1) is 0 Å². The lowest BCUT2D eigenvalue weighted by molar-refractivity contribution is -0.539. The lowest BCUT2D eigenvalue weighted by atomic mass is 10.2. The summed E-state index contributed by atoms with van der Waals surface area (Å²) in [6.45, 7) is 8.58. The van der Waals surface area contributed by atoms with Crippen LogP contribution in [-0.2, 0) is 0 Å². The molecule has 0 N–H and O–H groups in total. The van der Waals surface area contributed by atoms with Crippen LogP contribution in [0.3, 0.4) is 0 Å². The fraction of sp³-hybridized carbons (Fsp3) is 0.900. The molecule has 1 rings (SSSR count). The van der Waals surface area contributed by atoms with E-state index in [0.29, 0.717) is 0 Å². The molecule has 2 nitrogen and oxygen atoms in total. The van der Waals surface area contributed by atoms with Crippen molar-refractivity contribution in [3.63, 3.8) is 0 Å². The average molecular weight is 204 g/mol. The molecule has 1 aliphatic heterocycles. The van der Waals surface area contributed by atoms with Gasteiger partial charge in [-0.3, -0.25) is 9.48 Å². The van der Waals surface area contributed by atoms with Crippen LogP contribution in [0.15, 0.2) is 0 Å². The standard InChI is InChI=1S/C10H20ClN2/c1-3-12(4-2)10(11)13-8-6-5-7-9-13/h3-9H2,1-2H3/q+1. The molecule has 1 fully saturated rings. The largest absolute Gasteiger partial charge is 0.344 e. The third kappa shape index (κ3) is 2.87. The van der Waals surface area contributed by atoms with Crippen LogP contribution in [0.5, 0.6) is 0 Å². The van der Waals surface area contributed by atoms with Crippen molar-refractivity contribution in [3.8, 4) is 0 Å². The summed E-state index contributed by atoms with van der Waals surface area (Å²) in [5.41, 5.74) is 0. The third-order valence-corrected chi connectivity index (χ3v) is 3.12. The molecule has 0 aromatic carbocycles. The Bertz CT molecular complexity index is 177. The zero-order valence-electron chi connectivity index (χ0n) is 8.72. The second-order valence-electron chi connectivity index (χ2n) is 3.49. The Balaban J connectivity index is 2.63. The fourth-order valence-electron chi connectivity index (χ4n) is 1.76. The molecular weight excluding hydrogens is 184 g/mol. The van der Waals surface area contributed by atoms with Gasteiger partial charge in [-0.25, -0.2) is 0 Å². The van der Waals surface area contributed by atoms with Gasteiger partial charge in [0.05, 0.1) is 26.2 Å². The summed E-state index contributed by atoms with van der Waals surface area (Å²) in [5.74, 6) is 0. The first-order valence-electron chi connectivity index (χ1n) is 5.32. The van der Waals surface area contributed by atoms with Crippen molar-refractivity contribution >= 4 is 16.9 Å². The highest BCUT2D eigenvalue weighted by molar-refractivity contribution is 6.63. The Morgan fingerprint density at radius 3 is 2.15 bits per heavy atom. The van der Waals surface area contributed by atoms with Gasteiger partial charge in [0.15, 0.2) is 0 Å². The van der Waals surface area contributed by atoms with Gasteiger partial charge in [0.2, 0.25) is 0 Å². The van der Waals surface area contributed by atoms with E-state index in [1.54, 1.807) is 0 Å². The number of nitrogens with zero attached hydrogens (tertiary/aromatic N) is 2. The number of hydrogen-bond donors (Lipinski definition) is 0. The Hall–Kier alpha value is -0.240. The van der Waals surface area contributed by atoms with E-state index in [4.69, 9.17) is 11.6 Å². The number of amidine groups is 1. The summed E-state index contributed by atoms with van der Waals surface area (Å²) >= 11 is 6.29. The molecule has 1 saturated heterocycles. The maximum absolute atomic E-state index is 6.29. The minimum absolute atomic E-state index is 0.949. The Kier molecular flexibility index (Phi) is 4.57. The molecule has 3 heteroatoms. The van der Waals surface area contributed by atoms with Crippen LogP contribution >= 0.6 is 11.6 Å². The van der Waals surface area contributed by atoms with Gasteiger partial charge in [0.1, 0.15) is 0 Å². The smallest absolute Gasteiger partial charge is 0.252 e. The van der Waals surface area contributed by atoms with Crippen molar-refractivity contribution in [3.05, 3.63) is 0 Å². The van der Waals surface area contributed by atoms with Crippen molar-refractivity contribution in [2.24, 2.45) is 0 Å². The molecule has 0 radical (unpaired) electrons. The van der Waals surface area contributed by atoms with Crippen LogP contribution in [0.2, 0.25) is 0 Å². The topological polar surface area (TPSA) is 6.25 Å². The van der Waals surface area contributed by atoms with Gasteiger partial charge in [-0.05, 0) is 33.1 Å². The van der Waals surface area contributed by atoms with Gasteiger partial charge in [0.25, 0.3) is 0 Å². The monoisotopic (exact) mass is 203 g/mol.